The maximum atomic E-state index is 12.6. The van der Waals surface area contributed by atoms with Gasteiger partial charge in [-0.25, -0.2) is 0 Å². The van der Waals surface area contributed by atoms with Gasteiger partial charge in [-0.3, -0.25) is 9.48 Å². The van der Waals surface area contributed by atoms with Crippen LogP contribution in [0, 0.1) is 13.8 Å². The molecular weight excluding hydrogens is 232 g/mol. The van der Waals surface area contributed by atoms with E-state index in [0.29, 0.717) is 31.9 Å². The molecule has 1 atom stereocenters. The minimum Gasteiger partial charge on any atom is -0.377 e. The van der Waals surface area contributed by atoms with Gasteiger partial charge in [0.2, 0.25) is 0 Å². The maximum Gasteiger partial charge on any atom is 0.258 e. The molecular formula is C12H20N4O2. The molecule has 6 heteroatoms. The summed E-state index contributed by atoms with van der Waals surface area (Å²) in [5, 5.41) is 4.28. The van der Waals surface area contributed by atoms with Crippen molar-refractivity contribution in [3.63, 3.8) is 0 Å². The first kappa shape index (κ1) is 13.0. The molecule has 0 spiro atoms. The van der Waals surface area contributed by atoms with Gasteiger partial charge in [0, 0.05) is 25.8 Å². The number of ether oxygens (including phenoxy) is 1. The fourth-order valence-electron chi connectivity index (χ4n) is 2.34. The molecule has 2 heterocycles. The highest BCUT2D eigenvalue weighted by Crippen LogP contribution is 2.17. The molecule has 0 bridgehead atoms. The van der Waals surface area contributed by atoms with Crippen LogP contribution in [0.15, 0.2) is 0 Å². The van der Waals surface area contributed by atoms with E-state index in [1.807, 2.05) is 20.9 Å². The van der Waals surface area contributed by atoms with Gasteiger partial charge in [-0.2, -0.15) is 5.10 Å². The molecule has 1 aromatic heterocycles. The number of amides is 1. The van der Waals surface area contributed by atoms with E-state index in [4.69, 9.17) is 10.5 Å². The van der Waals surface area contributed by atoms with Crippen molar-refractivity contribution in [3.8, 4) is 0 Å². The van der Waals surface area contributed by atoms with Gasteiger partial charge in [0.1, 0.15) is 0 Å². The number of hydrogen-bond donors (Lipinski definition) is 1. The van der Waals surface area contributed by atoms with Crippen LogP contribution < -0.4 is 5.73 Å². The number of aromatic nitrogens is 2. The minimum absolute atomic E-state index is 0.0110. The quantitative estimate of drug-likeness (QED) is 0.793. The summed E-state index contributed by atoms with van der Waals surface area (Å²) in [6.07, 6.45) is 0. The molecule has 2 N–H and O–H groups in total. The zero-order chi connectivity index (χ0) is 13.3. The summed E-state index contributed by atoms with van der Waals surface area (Å²) in [6, 6.07) is -0.0368. The lowest BCUT2D eigenvalue weighted by molar-refractivity contribution is 0.000752. The Morgan fingerprint density at radius 3 is 2.83 bits per heavy atom. The summed E-state index contributed by atoms with van der Waals surface area (Å²) < 4.78 is 7.10. The Morgan fingerprint density at radius 2 is 2.28 bits per heavy atom. The van der Waals surface area contributed by atoms with Crippen molar-refractivity contribution in [1.82, 2.24) is 14.7 Å². The molecule has 0 aliphatic carbocycles. The second kappa shape index (κ2) is 5.07. The van der Waals surface area contributed by atoms with Crippen molar-refractivity contribution >= 4 is 5.91 Å². The standard InChI is InChI=1S/C12H20N4O2/c1-8-11(9(2)15(3)14-8)12(17)16-4-5-18-7-10(16)6-13/h10H,4-7,13H2,1-3H3. The van der Waals surface area contributed by atoms with Crippen LogP contribution in [-0.2, 0) is 11.8 Å². The molecule has 1 amide bonds. The van der Waals surface area contributed by atoms with Crippen LogP contribution in [-0.4, -0.2) is 52.9 Å². The molecule has 0 aromatic carbocycles. The third kappa shape index (κ3) is 2.13. The number of rotatable bonds is 2. The van der Waals surface area contributed by atoms with E-state index < -0.39 is 0 Å². The lowest BCUT2D eigenvalue weighted by Crippen LogP contribution is -2.52. The van der Waals surface area contributed by atoms with E-state index in [0.717, 1.165) is 11.4 Å². The average molecular weight is 252 g/mol. The molecule has 1 aromatic rings. The highest BCUT2D eigenvalue weighted by Gasteiger charge is 2.30. The van der Waals surface area contributed by atoms with E-state index in [1.54, 1.807) is 9.58 Å². The first-order chi connectivity index (χ1) is 8.56. The highest BCUT2D eigenvalue weighted by molar-refractivity contribution is 5.96. The number of carbonyl (C=O) groups is 1. The van der Waals surface area contributed by atoms with Crippen LogP contribution in [0.1, 0.15) is 21.7 Å². The lowest BCUT2D eigenvalue weighted by atomic mass is 10.1. The summed E-state index contributed by atoms with van der Waals surface area (Å²) in [7, 11) is 1.85. The molecule has 2 rings (SSSR count). The third-order valence-electron chi connectivity index (χ3n) is 3.48. The average Bonchev–Trinajstić information content (AvgIpc) is 2.62. The van der Waals surface area contributed by atoms with Gasteiger partial charge in [-0.05, 0) is 13.8 Å². The van der Waals surface area contributed by atoms with Gasteiger partial charge in [0.05, 0.1) is 30.5 Å². The van der Waals surface area contributed by atoms with Crippen LogP contribution in [0.5, 0.6) is 0 Å². The molecule has 1 fully saturated rings. The number of carbonyl (C=O) groups excluding carboxylic acids is 1. The summed E-state index contributed by atoms with van der Waals surface area (Å²) in [5.41, 5.74) is 8.04. The number of nitrogens with zero attached hydrogens (tertiary/aromatic N) is 3. The van der Waals surface area contributed by atoms with Crippen LogP contribution >= 0.6 is 0 Å². The van der Waals surface area contributed by atoms with Gasteiger partial charge in [-0.1, -0.05) is 0 Å². The Labute approximate surface area is 107 Å². The zero-order valence-electron chi connectivity index (χ0n) is 11.1. The summed E-state index contributed by atoms with van der Waals surface area (Å²) in [4.78, 5) is 14.4. The van der Waals surface area contributed by atoms with E-state index >= 15 is 0 Å². The van der Waals surface area contributed by atoms with Crippen LogP contribution in [0.3, 0.4) is 0 Å². The topological polar surface area (TPSA) is 73.4 Å². The molecule has 1 saturated heterocycles. The summed E-state index contributed by atoms with van der Waals surface area (Å²) in [6.45, 7) is 5.86. The van der Waals surface area contributed by atoms with Crippen molar-refractivity contribution in [3.05, 3.63) is 17.0 Å². The zero-order valence-corrected chi connectivity index (χ0v) is 11.1. The highest BCUT2D eigenvalue weighted by atomic mass is 16.5. The Balaban J connectivity index is 2.29. The third-order valence-corrected chi connectivity index (χ3v) is 3.48. The van der Waals surface area contributed by atoms with Crippen molar-refractivity contribution in [2.75, 3.05) is 26.3 Å². The number of nitrogens with two attached hydrogens (primary N) is 1. The number of morpholine rings is 1. The second-order valence-electron chi connectivity index (χ2n) is 4.63. The summed E-state index contributed by atoms with van der Waals surface area (Å²) >= 11 is 0. The van der Waals surface area contributed by atoms with Crippen molar-refractivity contribution in [2.24, 2.45) is 12.8 Å². The minimum atomic E-state index is -0.0368. The molecule has 1 aliphatic heterocycles. The van der Waals surface area contributed by atoms with Crippen LogP contribution in [0.4, 0.5) is 0 Å². The van der Waals surface area contributed by atoms with Gasteiger partial charge >= 0.3 is 0 Å². The predicted octanol–water partition coefficient (Wildman–Crippen LogP) is -0.163. The van der Waals surface area contributed by atoms with E-state index in [1.165, 1.54) is 0 Å². The normalized spacial score (nSPS) is 20.2. The lowest BCUT2D eigenvalue weighted by Gasteiger charge is -2.35. The van der Waals surface area contributed by atoms with Crippen molar-refractivity contribution in [1.29, 1.82) is 0 Å². The van der Waals surface area contributed by atoms with Crippen molar-refractivity contribution < 1.29 is 9.53 Å². The Morgan fingerprint density at radius 1 is 1.56 bits per heavy atom. The smallest absolute Gasteiger partial charge is 0.258 e. The Hall–Kier alpha value is -1.40. The molecule has 1 unspecified atom stereocenters. The second-order valence-corrected chi connectivity index (χ2v) is 4.63. The molecule has 0 saturated carbocycles. The largest absolute Gasteiger partial charge is 0.377 e. The molecule has 18 heavy (non-hydrogen) atoms. The first-order valence-electron chi connectivity index (χ1n) is 6.15. The Bertz CT molecular complexity index is 455. The van der Waals surface area contributed by atoms with Gasteiger partial charge < -0.3 is 15.4 Å². The summed E-state index contributed by atoms with van der Waals surface area (Å²) in [5.74, 6) is 0.0110. The maximum absolute atomic E-state index is 12.6. The fourth-order valence-corrected chi connectivity index (χ4v) is 2.34. The van der Waals surface area contributed by atoms with Gasteiger partial charge in [-0.15, -0.1) is 0 Å². The van der Waals surface area contributed by atoms with Crippen molar-refractivity contribution in [2.45, 2.75) is 19.9 Å². The fraction of sp³-hybridized carbons (Fsp3) is 0.667. The SMILES string of the molecule is Cc1nn(C)c(C)c1C(=O)N1CCOCC1CN. The predicted molar refractivity (Wildman–Crippen MR) is 67.4 cm³/mol. The molecule has 0 radical (unpaired) electrons. The number of aryl methyl sites for hydroxylation is 2. The van der Waals surface area contributed by atoms with Gasteiger partial charge in [0.25, 0.3) is 5.91 Å². The molecule has 6 nitrogen and oxygen atoms in total. The van der Waals surface area contributed by atoms with E-state index in [-0.39, 0.29) is 11.9 Å². The molecule has 1 aliphatic rings. The number of hydrogen-bond acceptors (Lipinski definition) is 4. The molecule has 100 valence electrons. The van der Waals surface area contributed by atoms with Gasteiger partial charge in [0.15, 0.2) is 0 Å². The van der Waals surface area contributed by atoms with Crippen LogP contribution in [0.2, 0.25) is 0 Å². The van der Waals surface area contributed by atoms with E-state index in [9.17, 15) is 4.79 Å². The van der Waals surface area contributed by atoms with E-state index in [2.05, 4.69) is 5.10 Å². The monoisotopic (exact) mass is 252 g/mol. The first-order valence-corrected chi connectivity index (χ1v) is 6.15. The van der Waals surface area contributed by atoms with Crippen LogP contribution in [0.25, 0.3) is 0 Å². The Kier molecular flexibility index (Phi) is 3.68.